The maximum Gasteiger partial charge on any atom is 0.516 e. The molecule has 0 aliphatic heterocycles. The molecule has 1 aromatic heterocycles. The van der Waals surface area contributed by atoms with E-state index in [0.29, 0.717) is 22.6 Å². The minimum Gasteiger partial charge on any atom is -0.505 e. The second-order valence-electron chi connectivity index (χ2n) is 6.67. The quantitative estimate of drug-likeness (QED) is 0.491. The van der Waals surface area contributed by atoms with Gasteiger partial charge < -0.3 is 15.2 Å². The molecule has 2 amide bonds. The Morgan fingerprint density at radius 3 is 2.36 bits per heavy atom. The lowest BCUT2D eigenvalue weighted by molar-refractivity contribution is -0.119. The van der Waals surface area contributed by atoms with Gasteiger partial charge in [0.2, 0.25) is 0 Å². The van der Waals surface area contributed by atoms with Crippen LogP contribution in [-0.4, -0.2) is 42.4 Å². The van der Waals surface area contributed by atoms with Crippen molar-refractivity contribution >= 4 is 32.6 Å². The molecule has 2 aromatic carbocycles. The Labute approximate surface area is 185 Å². The summed E-state index contributed by atoms with van der Waals surface area (Å²) >= 11 is 0. The fourth-order valence-corrected chi connectivity index (χ4v) is 3.26. The normalized spacial score (nSPS) is 11.8. The summed E-state index contributed by atoms with van der Waals surface area (Å²) in [5.74, 6) is -2.24. The third-order valence-corrected chi connectivity index (χ3v) is 5.40. The standard InChI is InChI=1S/C20H16F3N3O6S/c1-11-15-9-13(32-12-5-3-2-4-6-12)7-8-14(15)18(28)17(25-11)19(29)24-10-16(27)26-33(30,31)20(21,22)23/h2-9,28H,10H2,1H3,(H,24,29)(H,26,27). The molecule has 0 radical (unpaired) electrons. The van der Waals surface area contributed by atoms with Crippen LogP contribution in [0.3, 0.4) is 0 Å². The van der Waals surface area contributed by atoms with Crippen LogP contribution >= 0.6 is 0 Å². The molecule has 0 aliphatic rings. The summed E-state index contributed by atoms with van der Waals surface area (Å²) in [6, 6.07) is 13.5. The van der Waals surface area contributed by atoms with Crippen molar-refractivity contribution < 1.29 is 41.0 Å². The Balaban J connectivity index is 1.78. The number of pyridine rings is 1. The molecule has 174 valence electrons. The number of sulfonamides is 1. The van der Waals surface area contributed by atoms with Crippen LogP contribution in [0.1, 0.15) is 16.2 Å². The van der Waals surface area contributed by atoms with E-state index in [1.807, 2.05) is 11.4 Å². The summed E-state index contributed by atoms with van der Waals surface area (Å²) in [5.41, 5.74) is -5.87. The maximum absolute atomic E-state index is 12.3. The van der Waals surface area contributed by atoms with Crippen LogP contribution in [0.5, 0.6) is 17.2 Å². The number of halogens is 3. The van der Waals surface area contributed by atoms with Gasteiger partial charge in [0.15, 0.2) is 11.4 Å². The highest BCUT2D eigenvalue weighted by Crippen LogP contribution is 2.33. The molecule has 13 heteroatoms. The summed E-state index contributed by atoms with van der Waals surface area (Å²) in [5, 5.41) is 13.1. The minimum absolute atomic E-state index is 0.233. The average Bonchev–Trinajstić information content (AvgIpc) is 2.74. The van der Waals surface area contributed by atoms with Crippen LogP contribution < -0.4 is 14.8 Å². The lowest BCUT2D eigenvalue weighted by atomic mass is 10.1. The Morgan fingerprint density at radius 1 is 1.06 bits per heavy atom. The van der Waals surface area contributed by atoms with E-state index in [4.69, 9.17) is 4.74 Å². The zero-order chi connectivity index (χ0) is 24.4. The van der Waals surface area contributed by atoms with Crippen molar-refractivity contribution in [3.63, 3.8) is 0 Å². The van der Waals surface area contributed by atoms with E-state index in [9.17, 15) is 36.3 Å². The molecule has 3 rings (SSSR count). The van der Waals surface area contributed by atoms with Crippen LogP contribution in [0.25, 0.3) is 10.8 Å². The van der Waals surface area contributed by atoms with Gasteiger partial charge in [-0.05, 0) is 37.3 Å². The Morgan fingerprint density at radius 2 is 1.73 bits per heavy atom. The van der Waals surface area contributed by atoms with Gasteiger partial charge in [0, 0.05) is 16.5 Å². The molecule has 0 atom stereocenters. The number of nitrogens with one attached hydrogen (secondary N) is 2. The van der Waals surface area contributed by atoms with E-state index in [1.165, 1.54) is 6.07 Å². The molecule has 0 spiro atoms. The number of rotatable bonds is 6. The fourth-order valence-electron chi connectivity index (χ4n) is 2.77. The number of nitrogens with zero attached hydrogens (tertiary/aromatic N) is 1. The van der Waals surface area contributed by atoms with E-state index >= 15 is 0 Å². The summed E-state index contributed by atoms with van der Waals surface area (Å²) < 4.78 is 65.3. The summed E-state index contributed by atoms with van der Waals surface area (Å²) in [4.78, 5) is 27.8. The number of aromatic nitrogens is 1. The molecule has 0 bridgehead atoms. The van der Waals surface area contributed by atoms with Gasteiger partial charge in [0.05, 0.1) is 6.54 Å². The number of fused-ring (bicyclic) bond motifs is 1. The number of hydrogen-bond donors (Lipinski definition) is 3. The number of carbonyl (C=O) groups excluding carboxylic acids is 2. The Hall–Kier alpha value is -3.87. The van der Waals surface area contributed by atoms with Crippen LogP contribution in [0, 0.1) is 6.92 Å². The number of benzene rings is 2. The van der Waals surface area contributed by atoms with Crippen molar-refractivity contribution in [2.75, 3.05) is 6.54 Å². The van der Waals surface area contributed by atoms with E-state index in [0.717, 1.165) is 4.72 Å². The van der Waals surface area contributed by atoms with Crippen LogP contribution in [-0.2, 0) is 14.8 Å². The highest BCUT2D eigenvalue weighted by atomic mass is 32.2. The molecule has 0 saturated heterocycles. The smallest absolute Gasteiger partial charge is 0.505 e. The predicted molar refractivity (Wildman–Crippen MR) is 110 cm³/mol. The zero-order valence-corrected chi connectivity index (χ0v) is 17.6. The van der Waals surface area contributed by atoms with Gasteiger partial charge in [-0.1, -0.05) is 18.2 Å². The summed E-state index contributed by atoms with van der Waals surface area (Å²) in [6.07, 6.45) is 0. The molecule has 0 aliphatic carbocycles. The summed E-state index contributed by atoms with van der Waals surface area (Å²) in [6.45, 7) is 0.448. The lowest BCUT2D eigenvalue weighted by Crippen LogP contribution is -2.44. The number of amides is 2. The average molecular weight is 483 g/mol. The van der Waals surface area contributed by atoms with E-state index in [1.54, 1.807) is 43.3 Å². The van der Waals surface area contributed by atoms with Gasteiger partial charge in [-0.25, -0.2) is 9.71 Å². The summed E-state index contributed by atoms with van der Waals surface area (Å²) in [7, 11) is -5.91. The van der Waals surface area contributed by atoms with Gasteiger partial charge in [-0.2, -0.15) is 21.6 Å². The first-order chi connectivity index (χ1) is 15.4. The number of ether oxygens (including phenoxy) is 1. The zero-order valence-electron chi connectivity index (χ0n) is 16.8. The first kappa shape index (κ1) is 23.8. The number of aromatic hydroxyl groups is 1. The fraction of sp³-hybridized carbons (Fsp3) is 0.150. The molecule has 9 nitrogen and oxygen atoms in total. The molecule has 33 heavy (non-hydrogen) atoms. The molecule has 0 fully saturated rings. The molecular weight excluding hydrogens is 467 g/mol. The first-order valence-electron chi connectivity index (χ1n) is 9.15. The van der Waals surface area contributed by atoms with Crippen LogP contribution in [0.4, 0.5) is 13.2 Å². The molecule has 1 heterocycles. The molecule has 3 aromatic rings. The van der Waals surface area contributed by atoms with Crippen molar-refractivity contribution in [2.45, 2.75) is 12.4 Å². The second kappa shape index (κ2) is 8.94. The molecular formula is C20H16F3N3O6S. The Bertz CT molecular complexity index is 1330. The third-order valence-electron chi connectivity index (χ3n) is 4.30. The van der Waals surface area contributed by atoms with Crippen LogP contribution in [0.2, 0.25) is 0 Å². The Kier molecular flexibility index (Phi) is 6.44. The van der Waals surface area contributed by atoms with Crippen molar-refractivity contribution in [3.05, 3.63) is 59.9 Å². The van der Waals surface area contributed by atoms with Crippen molar-refractivity contribution in [1.82, 2.24) is 15.0 Å². The van der Waals surface area contributed by atoms with Gasteiger partial charge in [0.1, 0.15) is 11.5 Å². The van der Waals surface area contributed by atoms with Gasteiger partial charge in [0.25, 0.3) is 11.8 Å². The first-order valence-corrected chi connectivity index (χ1v) is 10.6. The van der Waals surface area contributed by atoms with Gasteiger partial charge >= 0.3 is 15.5 Å². The van der Waals surface area contributed by atoms with Gasteiger partial charge in [-0.15, -0.1) is 0 Å². The van der Waals surface area contributed by atoms with Crippen molar-refractivity contribution in [1.29, 1.82) is 0 Å². The maximum atomic E-state index is 12.3. The minimum atomic E-state index is -5.91. The van der Waals surface area contributed by atoms with E-state index in [-0.39, 0.29) is 5.39 Å². The number of aryl methyl sites for hydroxylation is 1. The van der Waals surface area contributed by atoms with Gasteiger partial charge in [-0.3, -0.25) is 9.59 Å². The third kappa shape index (κ3) is 5.31. The largest absolute Gasteiger partial charge is 0.516 e. The molecule has 0 saturated carbocycles. The van der Waals surface area contributed by atoms with Crippen LogP contribution in [0.15, 0.2) is 48.5 Å². The highest BCUT2D eigenvalue weighted by molar-refractivity contribution is 7.90. The molecule has 0 unspecified atom stereocenters. The number of para-hydroxylation sites is 1. The lowest BCUT2D eigenvalue weighted by Gasteiger charge is -2.13. The SMILES string of the molecule is Cc1nc(C(=O)NCC(=O)NS(=O)(=O)C(F)(F)F)c(O)c2ccc(Oc3ccccc3)cc12. The van der Waals surface area contributed by atoms with Crippen molar-refractivity contribution in [2.24, 2.45) is 0 Å². The second-order valence-corrected chi connectivity index (χ2v) is 8.35. The van der Waals surface area contributed by atoms with E-state index < -0.39 is 45.3 Å². The predicted octanol–water partition coefficient (Wildman–Crippen LogP) is 2.74. The monoisotopic (exact) mass is 483 g/mol. The topological polar surface area (TPSA) is 135 Å². The van der Waals surface area contributed by atoms with Crippen molar-refractivity contribution in [3.8, 4) is 17.2 Å². The number of hydrogen-bond acceptors (Lipinski definition) is 7. The highest BCUT2D eigenvalue weighted by Gasteiger charge is 2.46. The van der Waals surface area contributed by atoms with E-state index in [2.05, 4.69) is 4.98 Å². The number of carbonyl (C=O) groups is 2. The molecule has 3 N–H and O–H groups in total. The number of alkyl halides is 3.